The van der Waals surface area contributed by atoms with Crippen LogP contribution in [-0.2, 0) is 6.54 Å². The average Bonchev–Trinajstić information content (AvgIpc) is 3.45. The van der Waals surface area contributed by atoms with Gasteiger partial charge in [0.1, 0.15) is 0 Å². The van der Waals surface area contributed by atoms with Gasteiger partial charge in [-0.2, -0.15) is 0 Å². The number of benzene rings is 4. The zero-order valence-electron chi connectivity index (χ0n) is 17.2. The normalized spacial score (nSPS) is 11.5. The Bertz CT molecular complexity index is 1600. The smallest absolute Gasteiger partial charge is 0.0432 e. The molecule has 0 aliphatic carbocycles. The van der Waals surface area contributed by atoms with Crippen molar-refractivity contribution in [3.63, 3.8) is 0 Å². The summed E-state index contributed by atoms with van der Waals surface area (Å²) >= 11 is 12.2. The fourth-order valence-electron chi connectivity index (χ4n) is 4.02. The summed E-state index contributed by atoms with van der Waals surface area (Å²) in [5, 5.41) is 1.43. The molecule has 6 rings (SSSR count). The zero-order valence-corrected chi connectivity index (χ0v) is 20.5. The standard InChI is InChI=1S/C26H16Cl2N4Se/c27-20-7-1-16(2-8-20)15-32-25-12-6-19(18-5-11-22-23(13-18)31-33-30-22)14-24(25)29-26(32)17-3-9-21(28)10-4-17/h1-14H,15H2. The number of rotatable bonds is 4. The van der Waals surface area contributed by atoms with Gasteiger partial charge in [-0.1, -0.05) is 23.2 Å². The first kappa shape index (κ1) is 20.6. The Morgan fingerprint density at radius 1 is 0.636 bits per heavy atom. The van der Waals surface area contributed by atoms with Gasteiger partial charge in [-0.3, -0.25) is 0 Å². The van der Waals surface area contributed by atoms with Gasteiger partial charge in [0.2, 0.25) is 0 Å². The van der Waals surface area contributed by atoms with Crippen molar-refractivity contribution in [2.45, 2.75) is 6.54 Å². The number of aromatic nitrogens is 4. The fourth-order valence-corrected chi connectivity index (χ4v) is 5.36. The second kappa shape index (κ2) is 8.44. The van der Waals surface area contributed by atoms with Crippen LogP contribution in [-0.4, -0.2) is 32.5 Å². The number of hydrogen-bond acceptors (Lipinski definition) is 3. The van der Waals surface area contributed by atoms with Crippen LogP contribution in [0.2, 0.25) is 10.0 Å². The molecular formula is C26H16Cl2N4Se. The minimum atomic E-state index is -0.0289. The van der Waals surface area contributed by atoms with E-state index in [0.29, 0.717) is 11.6 Å². The van der Waals surface area contributed by atoms with E-state index in [-0.39, 0.29) is 15.0 Å². The van der Waals surface area contributed by atoms with Gasteiger partial charge >= 0.3 is 162 Å². The molecule has 6 aromatic rings. The van der Waals surface area contributed by atoms with E-state index >= 15 is 0 Å². The Morgan fingerprint density at radius 3 is 2.00 bits per heavy atom. The van der Waals surface area contributed by atoms with Gasteiger partial charge in [0, 0.05) is 10.0 Å². The average molecular weight is 534 g/mol. The van der Waals surface area contributed by atoms with Crippen molar-refractivity contribution in [1.82, 2.24) is 17.5 Å². The van der Waals surface area contributed by atoms with E-state index in [1.54, 1.807) is 0 Å². The summed E-state index contributed by atoms with van der Waals surface area (Å²) < 4.78 is 11.2. The van der Waals surface area contributed by atoms with Crippen LogP contribution in [0.3, 0.4) is 0 Å². The molecule has 0 atom stereocenters. The van der Waals surface area contributed by atoms with Gasteiger partial charge in [0.15, 0.2) is 0 Å². The Kier molecular flexibility index (Phi) is 5.28. The molecule has 2 heterocycles. The van der Waals surface area contributed by atoms with Crippen LogP contribution < -0.4 is 0 Å². The summed E-state index contributed by atoms with van der Waals surface area (Å²) in [6.45, 7) is 0.687. The number of fused-ring (bicyclic) bond motifs is 2. The molecule has 2 aromatic heterocycles. The van der Waals surface area contributed by atoms with E-state index in [0.717, 1.165) is 55.2 Å². The van der Waals surface area contributed by atoms with E-state index in [4.69, 9.17) is 28.2 Å². The Labute approximate surface area is 206 Å². The zero-order chi connectivity index (χ0) is 22.4. The number of nitrogens with zero attached hydrogens (tertiary/aromatic N) is 4. The fraction of sp³-hybridized carbons (Fsp3) is 0.0385. The molecule has 0 saturated heterocycles. The van der Waals surface area contributed by atoms with E-state index in [9.17, 15) is 0 Å². The molecule has 160 valence electrons. The maximum absolute atomic E-state index is 6.14. The molecule has 0 amide bonds. The van der Waals surface area contributed by atoms with Crippen molar-refractivity contribution in [3.8, 4) is 22.5 Å². The molecule has 33 heavy (non-hydrogen) atoms. The summed E-state index contributed by atoms with van der Waals surface area (Å²) in [7, 11) is 0. The molecule has 0 N–H and O–H groups in total. The first-order valence-corrected chi connectivity index (χ1v) is 12.7. The molecule has 7 heteroatoms. The first-order chi connectivity index (χ1) is 16.1. The van der Waals surface area contributed by atoms with Crippen molar-refractivity contribution in [2.75, 3.05) is 0 Å². The van der Waals surface area contributed by atoms with Crippen LogP contribution in [0.1, 0.15) is 5.56 Å². The molecule has 0 fully saturated rings. The topological polar surface area (TPSA) is 43.6 Å². The molecule has 4 nitrogen and oxygen atoms in total. The van der Waals surface area contributed by atoms with Gasteiger partial charge in [0.05, 0.1) is 0 Å². The predicted molar refractivity (Wildman–Crippen MR) is 136 cm³/mol. The number of imidazole rings is 1. The summed E-state index contributed by atoms with van der Waals surface area (Å²) in [5.74, 6) is 0.902. The van der Waals surface area contributed by atoms with Crippen LogP contribution in [0.4, 0.5) is 0 Å². The van der Waals surface area contributed by atoms with Crippen molar-refractivity contribution in [2.24, 2.45) is 0 Å². The van der Waals surface area contributed by atoms with Gasteiger partial charge < -0.3 is 0 Å². The molecule has 4 aromatic carbocycles. The van der Waals surface area contributed by atoms with Gasteiger partial charge in [-0.05, 0) is 12.1 Å². The van der Waals surface area contributed by atoms with Crippen LogP contribution in [0.5, 0.6) is 0 Å². The Hall–Kier alpha value is -2.95. The molecule has 0 aliphatic heterocycles. The van der Waals surface area contributed by atoms with Crippen LogP contribution in [0.15, 0.2) is 84.9 Å². The monoisotopic (exact) mass is 534 g/mol. The first-order valence-electron chi connectivity index (χ1n) is 10.4. The minimum Gasteiger partial charge on any atom is -0.0432 e. The Balaban J connectivity index is 1.50. The van der Waals surface area contributed by atoms with Crippen molar-refractivity contribution in [3.05, 3.63) is 101 Å². The molecule has 0 bridgehead atoms. The third-order valence-corrected chi connectivity index (χ3v) is 7.36. The van der Waals surface area contributed by atoms with Crippen LogP contribution in [0.25, 0.3) is 44.6 Å². The van der Waals surface area contributed by atoms with E-state index < -0.39 is 0 Å². The number of hydrogen-bond donors (Lipinski definition) is 0. The molecule has 0 unspecified atom stereocenters. The van der Waals surface area contributed by atoms with E-state index in [1.807, 2.05) is 42.5 Å². The number of halogens is 2. The molecule has 0 spiro atoms. The summed E-state index contributed by atoms with van der Waals surface area (Å²) in [6, 6.07) is 28.4. The quantitative estimate of drug-likeness (QED) is 0.236. The summed E-state index contributed by atoms with van der Waals surface area (Å²) in [5.41, 5.74) is 8.38. The van der Waals surface area contributed by atoms with Crippen LogP contribution >= 0.6 is 23.2 Å². The van der Waals surface area contributed by atoms with Crippen molar-refractivity contribution >= 4 is 60.2 Å². The van der Waals surface area contributed by atoms with Gasteiger partial charge in [-0.15, -0.1) is 0 Å². The third-order valence-electron chi connectivity index (χ3n) is 5.69. The summed E-state index contributed by atoms with van der Waals surface area (Å²) in [6.07, 6.45) is 0. The maximum atomic E-state index is 6.14. The van der Waals surface area contributed by atoms with Gasteiger partial charge in [-0.25, -0.2) is 0 Å². The van der Waals surface area contributed by atoms with E-state index in [2.05, 4.69) is 55.0 Å². The van der Waals surface area contributed by atoms with Gasteiger partial charge in [0.25, 0.3) is 0 Å². The van der Waals surface area contributed by atoms with Crippen LogP contribution in [0, 0.1) is 0 Å². The second-order valence-electron chi connectivity index (χ2n) is 7.83. The third kappa shape index (κ3) is 3.98. The predicted octanol–water partition coefficient (Wildman–Crippen LogP) is 6.73. The summed E-state index contributed by atoms with van der Waals surface area (Å²) in [4.78, 5) is 5.04. The van der Waals surface area contributed by atoms with E-state index in [1.165, 1.54) is 0 Å². The van der Waals surface area contributed by atoms with Crippen molar-refractivity contribution in [1.29, 1.82) is 0 Å². The Morgan fingerprint density at radius 2 is 1.24 bits per heavy atom. The minimum absolute atomic E-state index is 0.0289. The second-order valence-corrected chi connectivity index (χ2v) is 9.81. The molecular weight excluding hydrogens is 518 g/mol. The molecule has 0 saturated carbocycles. The van der Waals surface area contributed by atoms with Crippen molar-refractivity contribution < 1.29 is 0 Å². The molecule has 0 aliphatic rings. The SMILES string of the molecule is Clc1ccc(Cn2c(-c3ccc(Cl)cc3)nc3cc(-c4ccc5n[se]nc5c4)ccc32)cc1. The molecule has 0 radical (unpaired) electrons.